The van der Waals surface area contributed by atoms with Crippen molar-refractivity contribution in [1.29, 1.82) is 0 Å². The predicted molar refractivity (Wildman–Crippen MR) is 86.1 cm³/mol. The lowest BCUT2D eigenvalue weighted by atomic mass is 9.89. The van der Waals surface area contributed by atoms with Gasteiger partial charge in [-0.25, -0.2) is 0 Å². The van der Waals surface area contributed by atoms with E-state index in [4.69, 9.17) is 0 Å². The quantitative estimate of drug-likeness (QED) is 0.569. The fourth-order valence-corrected chi connectivity index (χ4v) is 2.54. The topological polar surface area (TPSA) is 17.1 Å². The Kier molecular flexibility index (Phi) is 4.19. The Bertz CT molecular complexity index is 635. The summed E-state index contributed by atoms with van der Waals surface area (Å²) in [5.74, 6) is 0. The Morgan fingerprint density at radius 2 is 1.20 bits per heavy atom. The standard InChI is InChI=1S/C19H20O/c1-13-15(3)19(12-20)16(4)14(2)18(13)11-10-17-8-6-5-7-9-17/h5-12H,1-4H3/b11-10+. The summed E-state index contributed by atoms with van der Waals surface area (Å²) in [5, 5.41) is 0. The highest BCUT2D eigenvalue weighted by Crippen LogP contribution is 2.27. The van der Waals surface area contributed by atoms with E-state index in [9.17, 15) is 4.79 Å². The third-order valence-corrected chi connectivity index (χ3v) is 4.10. The zero-order valence-corrected chi connectivity index (χ0v) is 12.5. The maximum atomic E-state index is 11.2. The lowest BCUT2D eigenvalue weighted by molar-refractivity contribution is 0.112. The fraction of sp³-hybridized carbons (Fsp3) is 0.211. The van der Waals surface area contributed by atoms with Gasteiger partial charge in [0.05, 0.1) is 0 Å². The molecule has 102 valence electrons. The average molecular weight is 264 g/mol. The van der Waals surface area contributed by atoms with Gasteiger partial charge >= 0.3 is 0 Å². The maximum absolute atomic E-state index is 11.2. The highest BCUT2D eigenvalue weighted by molar-refractivity contribution is 5.84. The fourth-order valence-electron chi connectivity index (χ4n) is 2.54. The normalized spacial score (nSPS) is 11.0. The Labute approximate surface area is 121 Å². The van der Waals surface area contributed by atoms with Gasteiger partial charge in [0.25, 0.3) is 0 Å². The summed E-state index contributed by atoms with van der Waals surface area (Å²) in [5.41, 5.74) is 7.75. The third-order valence-electron chi connectivity index (χ3n) is 4.10. The molecule has 2 aromatic rings. The highest BCUT2D eigenvalue weighted by Gasteiger charge is 2.12. The summed E-state index contributed by atoms with van der Waals surface area (Å²) in [7, 11) is 0. The Morgan fingerprint density at radius 3 is 1.70 bits per heavy atom. The average Bonchev–Trinajstić information content (AvgIpc) is 2.47. The molecule has 0 aliphatic heterocycles. The largest absolute Gasteiger partial charge is 0.298 e. The molecular weight excluding hydrogens is 244 g/mol. The van der Waals surface area contributed by atoms with Crippen LogP contribution in [0, 0.1) is 27.7 Å². The van der Waals surface area contributed by atoms with Crippen LogP contribution in [0.1, 0.15) is 43.7 Å². The molecule has 0 spiro atoms. The van der Waals surface area contributed by atoms with Gasteiger partial charge in [-0.2, -0.15) is 0 Å². The van der Waals surface area contributed by atoms with E-state index in [0.717, 1.165) is 23.0 Å². The molecule has 0 fully saturated rings. The molecule has 0 atom stereocenters. The number of carbonyl (C=O) groups is 1. The first-order chi connectivity index (χ1) is 9.56. The van der Waals surface area contributed by atoms with E-state index >= 15 is 0 Å². The van der Waals surface area contributed by atoms with E-state index in [-0.39, 0.29) is 0 Å². The minimum absolute atomic E-state index is 0.830. The van der Waals surface area contributed by atoms with E-state index in [1.807, 2.05) is 32.0 Å². The van der Waals surface area contributed by atoms with Gasteiger partial charge in [-0.15, -0.1) is 0 Å². The van der Waals surface area contributed by atoms with Gasteiger partial charge < -0.3 is 0 Å². The van der Waals surface area contributed by atoms with Gasteiger partial charge in [-0.3, -0.25) is 4.79 Å². The zero-order valence-electron chi connectivity index (χ0n) is 12.5. The van der Waals surface area contributed by atoms with Crippen LogP contribution in [0.25, 0.3) is 12.2 Å². The first-order valence-corrected chi connectivity index (χ1v) is 6.85. The summed E-state index contributed by atoms with van der Waals surface area (Å²) in [6.45, 7) is 8.20. The minimum atomic E-state index is 0.830. The molecule has 0 unspecified atom stereocenters. The molecule has 2 rings (SSSR count). The van der Waals surface area contributed by atoms with Crippen LogP contribution in [-0.2, 0) is 0 Å². The maximum Gasteiger partial charge on any atom is 0.150 e. The number of hydrogen-bond donors (Lipinski definition) is 0. The molecule has 0 amide bonds. The van der Waals surface area contributed by atoms with E-state index in [2.05, 4.69) is 38.1 Å². The van der Waals surface area contributed by atoms with Crippen LogP contribution in [0.5, 0.6) is 0 Å². The summed E-state index contributed by atoms with van der Waals surface area (Å²) in [4.78, 5) is 11.2. The lowest BCUT2D eigenvalue weighted by Crippen LogP contribution is -2.01. The monoisotopic (exact) mass is 264 g/mol. The molecule has 0 saturated heterocycles. The number of benzene rings is 2. The summed E-state index contributed by atoms with van der Waals surface area (Å²) < 4.78 is 0. The zero-order chi connectivity index (χ0) is 14.7. The number of aldehydes is 1. The van der Waals surface area contributed by atoms with Crippen molar-refractivity contribution >= 4 is 18.4 Å². The second kappa shape index (κ2) is 5.87. The van der Waals surface area contributed by atoms with E-state index in [1.54, 1.807) is 0 Å². The van der Waals surface area contributed by atoms with Crippen LogP contribution in [0.3, 0.4) is 0 Å². The first kappa shape index (κ1) is 14.3. The molecule has 20 heavy (non-hydrogen) atoms. The van der Waals surface area contributed by atoms with Crippen LogP contribution in [0.2, 0.25) is 0 Å². The van der Waals surface area contributed by atoms with Gasteiger partial charge in [-0.1, -0.05) is 42.5 Å². The van der Waals surface area contributed by atoms with Crippen molar-refractivity contribution in [2.75, 3.05) is 0 Å². The summed E-state index contributed by atoms with van der Waals surface area (Å²) >= 11 is 0. The van der Waals surface area contributed by atoms with Crippen molar-refractivity contribution in [2.24, 2.45) is 0 Å². The van der Waals surface area contributed by atoms with Crippen LogP contribution in [0.15, 0.2) is 30.3 Å². The smallest absolute Gasteiger partial charge is 0.150 e. The molecule has 2 aromatic carbocycles. The molecule has 0 heterocycles. The van der Waals surface area contributed by atoms with Gasteiger partial charge in [-0.05, 0) is 61.1 Å². The van der Waals surface area contributed by atoms with Gasteiger partial charge in [0.2, 0.25) is 0 Å². The Balaban J connectivity index is 2.53. The number of carbonyl (C=O) groups excluding carboxylic acids is 1. The second-order valence-corrected chi connectivity index (χ2v) is 5.19. The molecule has 0 aliphatic carbocycles. The van der Waals surface area contributed by atoms with Crippen LogP contribution >= 0.6 is 0 Å². The van der Waals surface area contributed by atoms with Crippen molar-refractivity contribution in [3.63, 3.8) is 0 Å². The van der Waals surface area contributed by atoms with Crippen molar-refractivity contribution in [1.82, 2.24) is 0 Å². The van der Waals surface area contributed by atoms with Crippen molar-refractivity contribution in [3.8, 4) is 0 Å². The van der Waals surface area contributed by atoms with Gasteiger partial charge in [0, 0.05) is 5.56 Å². The highest BCUT2D eigenvalue weighted by atomic mass is 16.1. The van der Waals surface area contributed by atoms with E-state index < -0.39 is 0 Å². The van der Waals surface area contributed by atoms with Gasteiger partial charge in [0.15, 0.2) is 6.29 Å². The van der Waals surface area contributed by atoms with Crippen LogP contribution in [0.4, 0.5) is 0 Å². The molecule has 0 bridgehead atoms. The second-order valence-electron chi connectivity index (χ2n) is 5.19. The van der Waals surface area contributed by atoms with E-state index in [1.165, 1.54) is 22.3 Å². The predicted octanol–water partition coefficient (Wildman–Crippen LogP) is 4.90. The molecule has 0 aliphatic rings. The molecular formula is C19H20O. The molecule has 0 saturated carbocycles. The SMILES string of the molecule is Cc1c(C)c(/C=C/c2ccccc2)c(C)c(C)c1C=O. The molecule has 0 aromatic heterocycles. The lowest BCUT2D eigenvalue weighted by Gasteiger charge is -2.15. The summed E-state index contributed by atoms with van der Waals surface area (Å²) in [6.07, 6.45) is 5.23. The summed E-state index contributed by atoms with van der Waals surface area (Å²) in [6, 6.07) is 10.2. The van der Waals surface area contributed by atoms with E-state index in [0.29, 0.717) is 0 Å². The van der Waals surface area contributed by atoms with Crippen LogP contribution < -0.4 is 0 Å². The number of rotatable bonds is 3. The van der Waals surface area contributed by atoms with Crippen molar-refractivity contribution in [3.05, 3.63) is 69.3 Å². The van der Waals surface area contributed by atoms with Gasteiger partial charge in [0.1, 0.15) is 0 Å². The molecule has 1 nitrogen and oxygen atoms in total. The Hall–Kier alpha value is -2.15. The minimum Gasteiger partial charge on any atom is -0.298 e. The van der Waals surface area contributed by atoms with Crippen molar-refractivity contribution in [2.45, 2.75) is 27.7 Å². The third kappa shape index (κ3) is 2.57. The molecule has 1 heteroatoms. The van der Waals surface area contributed by atoms with Crippen molar-refractivity contribution < 1.29 is 4.79 Å². The first-order valence-electron chi connectivity index (χ1n) is 6.85. The molecule has 0 N–H and O–H groups in total. The van der Waals surface area contributed by atoms with Crippen LogP contribution in [-0.4, -0.2) is 6.29 Å². The molecule has 0 radical (unpaired) electrons. The number of hydrogen-bond acceptors (Lipinski definition) is 1. The Morgan fingerprint density at radius 1 is 0.700 bits per heavy atom.